The van der Waals surface area contributed by atoms with Crippen LogP contribution in [0.3, 0.4) is 0 Å². The lowest BCUT2D eigenvalue weighted by molar-refractivity contribution is -0.139. The van der Waals surface area contributed by atoms with E-state index in [1.54, 1.807) is 18.2 Å². The van der Waals surface area contributed by atoms with Crippen molar-refractivity contribution in [2.45, 2.75) is 44.1 Å². The van der Waals surface area contributed by atoms with Crippen molar-refractivity contribution in [3.63, 3.8) is 0 Å². The highest BCUT2D eigenvalue weighted by Crippen LogP contribution is 2.55. The fourth-order valence-electron chi connectivity index (χ4n) is 5.32. The van der Waals surface area contributed by atoms with Crippen LogP contribution in [0.1, 0.15) is 38.5 Å². The highest BCUT2D eigenvalue weighted by Gasteiger charge is 2.51. The predicted octanol–water partition coefficient (Wildman–Crippen LogP) is 2.42. The van der Waals surface area contributed by atoms with Crippen molar-refractivity contribution in [3.05, 3.63) is 24.3 Å². The second kappa shape index (κ2) is 5.25. The molecule has 4 aliphatic rings. The van der Waals surface area contributed by atoms with E-state index < -0.39 is 11.8 Å². The Morgan fingerprint density at radius 2 is 1.52 bits per heavy atom. The van der Waals surface area contributed by atoms with E-state index in [1.807, 2.05) is 0 Å². The first-order chi connectivity index (χ1) is 11.0. The molecule has 23 heavy (non-hydrogen) atoms. The van der Waals surface area contributed by atoms with Crippen molar-refractivity contribution in [1.29, 1.82) is 0 Å². The Hall–Kier alpha value is -2.04. The molecule has 5 heteroatoms. The first-order valence-electron chi connectivity index (χ1n) is 8.44. The molecule has 5 nitrogen and oxygen atoms in total. The van der Waals surface area contributed by atoms with Gasteiger partial charge in [-0.1, -0.05) is 12.1 Å². The first kappa shape index (κ1) is 14.5. The molecular formula is C18H22N2O3. The van der Waals surface area contributed by atoms with Crippen LogP contribution in [-0.2, 0) is 9.59 Å². The minimum atomic E-state index is -0.706. The molecule has 0 aliphatic heterocycles. The fraction of sp³-hybridized carbons (Fsp3) is 0.556. The Labute approximate surface area is 135 Å². The number of hydrogen-bond donors (Lipinski definition) is 3. The summed E-state index contributed by atoms with van der Waals surface area (Å²) < 4.78 is 0. The number of carbonyl (C=O) groups is 2. The summed E-state index contributed by atoms with van der Waals surface area (Å²) in [6.07, 6.45) is 6.90. The van der Waals surface area contributed by atoms with Crippen molar-refractivity contribution >= 4 is 17.5 Å². The standard InChI is InChI=1S/C18H22N2O3/c21-15-4-2-1-3-14(15)19-16(22)17(23)20-18-8-11-5-12(9-18)7-13(6-11)10-18/h1-4,11-13,21H,5-10H2,(H,19,22)(H,20,23). The molecule has 0 heterocycles. The summed E-state index contributed by atoms with van der Waals surface area (Å²) in [7, 11) is 0. The van der Waals surface area contributed by atoms with Crippen LogP contribution in [0, 0.1) is 17.8 Å². The van der Waals surface area contributed by atoms with Gasteiger partial charge in [0.25, 0.3) is 0 Å². The molecule has 4 fully saturated rings. The van der Waals surface area contributed by atoms with Gasteiger partial charge >= 0.3 is 11.8 Å². The van der Waals surface area contributed by atoms with Gasteiger partial charge in [-0.15, -0.1) is 0 Å². The molecule has 4 saturated carbocycles. The SMILES string of the molecule is O=C(Nc1ccccc1O)C(=O)NC12CC3CC(CC(C3)C1)C2. The molecule has 122 valence electrons. The normalized spacial score (nSPS) is 34.2. The number of anilines is 1. The number of rotatable bonds is 2. The summed E-state index contributed by atoms with van der Waals surface area (Å²) in [6.45, 7) is 0. The summed E-state index contributed by atoms with van der Waals surface area (Å²) in [5.74, 6) is 0.800. The largest absolute Gasteiger partial charge is 0.506 e. The smallest absolute Gasteiger partial charge is 0.313 e. The van der Waals surface area contributed by atoms with Gasteiger partial charge in [0.15, 0.2) is 0 Å². The molecule has 0 atom stereocenters. The van der Waals surface area contributed by atoms with Crippen LogP contribution in [-0.4, -0.2) is 22.5 Å². The molecule has 0 radical (unpaired) electrons. The van der Waals surface area contributed by atoms with E-state index in [1.165, 1.54) is 25.3 Å². The summed E-state index contributed by atoms with van der Waals surface area (Å²) >= 11 is 0. The van der Waals surface area contributed by atoms with Gasteiger partial charge in [-0.3, -0.25) is 9.59 Å². The van der Waals surface area contributed by atoms with Crippen LogP contribution in [0.2, 0.25) is 0 Å². The number of carbonyl (C=O) groups excluding carboxylic acids is 2. The molecule has 1 aromatic rings. The average molecular weight is 314 g/mol. The molecular weight excluding hydrogens is 292 g/mol. The topological polar surface area (TPSA) is 78.4 Å². The quantitative estimate of drug-likeness (QED) is 0.579. The third kappa shape index (κ3) is 2.69. The number of benzene rings is 1. The molecule has 3 N–H and O–H groups in total. The Morgan fingerprint density at radius 3 is 2.09 bits per heavy atom. The summed E-state index contributed by atoms with van der Waals surface area (Å²) in [5, 5.41) is 15.2. The Morgan fingerprint density at radius 1 is 0.957 bits per heavy atom. The lowest BCUT2D eigenvalue weighted by atomic mass is 9.53. The van der Waals surface area contributed by atoms with E-state index in [9.17, 15) is 14.7 Å². The predicted molar refractivity (Wildman–Crippen MR) is 85.8 cm³/mol. The van der Waals surface area contributed by atoms with Gasteiger partial charge in [-0.05, 0) is 68.4 Å². The van der Waals surface area contributed by atoms with Gasteiger partial charge < -0.3 is 15.7 Å². The van der Waals surface area contributed by atoms with Gasteiger partial charge in [-0.2, -0.15) is 0 Å². The van der Waals surface area contributed by atoms with Crippen molar-refractivity contribution in [3.8, 4) is 5.75 Å². The number of phenolic OH excluding ortho intramolecular Hbond substituents is 1. The number of amides is 2. The zero-order valence-electron chi connectivity index (χ0n) is 13.0. The molecule has 0 saturated heterocycles. The minimum Gasteiger partial charge on any atom is -0.506 e. The van der Waals surface area contributed by atoms with Crippen LogP contribution in [0.15, 0.2) is 24.3 Å². The third-order valence-electron chi connectivity index (χ3n) is 5.78. The second-order valence-electron chi connectivity index (χ2n) is 7.62. The number of phenols is 1. The molecule has 4 aliphatic carbocycles. The van der Waals surface area contributed by atoms with E-state index in [-0.39, 0.29) is 17.0 Å². The summed E-state index contributed by atoms with van der Waals surface area (Å²) in [6, 6.07) is 6.42. The van der Waals surface area contributed by atoms with Crippen molar-refractivity contribution in [2.24, 2.45) is 17.8 Å². The molecule has 1 aromatic carbocycles. The maximum atomic E-state index is 12.3. The molecule has 5 rings (SSSR count). The minimum absolute atomic E-state index is 0.0385. The molecule has 2 amide bonds. The Bertz CT molecular complexity index is 620. The fourth-order valence-corrected chi connectivity index (χ4v) is 5.32. The second-order valence-corrected chi connectivity index (χ2v) is 7.62. The van der Waals surface area contributed by atoms with Crippen LogP contribution in [0.5, 0.6) is 5.75 Å². The van der Waals surface area contributed by atoms with Crippen molar-refractivity contribution in [1.82, 2.24) is 5.32 Å². The van der Waals surface area contributed by atoms with Gasteiger partial charge in [0.1, 0.15) is 5.75 Å². The first-order valence-corrected chi connectivity index (χ1v) is 8.44. The van der Waals surface area contributed by atoms with E-state index in [0.29, 0.717) is 17.8 Å². The van der Waals surface area contributed by atoms with E-state index >= 15 is 0 Å². The number of hydrogen-bond acceptors (Lipinski definition) is 3. The lowest BCUT2D eigenvalue weighted by Gasteiger charge is -2.56. The molecule has 0 spiro atoms. The van der Waals surface area contributed by atoms with Gasteiger partial charge in [0.05, 0.1) is 5.69 Å². The highest BCUT2D eigenvalue weighted by molar-refractivity contribution is 6.40. The number of nitrogens with one attached hydrogen (secondary N) is 2. The maximum Gasteiger partial charge on any atom is 0.313 e. The van der Waals surface area contributed by atoms with Crippen LogP contribution in [0.4, 0.5) is 5.69 Å². The number of para-hydroxylation sites is 2. The monoisotopic (exact) mass is 314 g/mol. The van der Waals surface area contributed by atoms with Crippen molar-refractivity contribution < 1.29 is 14.7 Å². The van der Waals surface area contributed by atoms with E-state index in [0.717, 1.165) is 19.3 Å². The third-order valence-corrected chi connectivity index (χ3v) is 5.78. The summed E-state index contributed by atoms with van der Waals surface area (Å²) in [4.78, 5) is 24.5. The molecule has 0 unspecified atom stereocenters. The van der Waals surface area contributed by atoms with Crippen LogP contribution >= 0.6 is 0 Å². The average Bonchev–Trinajstić information content (AvgIpc) is 2.47. The van der Waals surface area contributed by atoms with Crippen LogP contribution in [0.25, 0.3) is 0 Å². The molecule has 4 bridgehead atoms. The zero-order valence-corrected chi connectivity index (χ0v) is 13.0. The highest BCUT2D eigenvalue weighted by atomic mass is 16.3. The lowest BCUT2D eigenvalue weighted by Crippen LogP contribution is -2.61. The Kier molecular flexibility index (Phi) is 3.32. The van der Waals surface area contributed by atoms with Crippen LogP contribution < -0.4 is 10.6 Å². The van der Waals surface area contributed by atoms with E-state index in [2.05, 4.69) is 10.6 Å². The Balaban J connectivity index is 1.44. The van der Waals surface area contributed by atoms with Crippen molar-refractivity contribution in [2.75, 3.05) is 5.32 Å². The maximum absolute atomic E-state index is 12.3. The number of aromatic hydroxyl groups is 1. The van der Waals surface area contributed by atoms with E-state index in [4.69, 9.17) is 0 Å². The van der Waals surface area contributed by atoms with Gasteiger partial charge in [0, 0.05) is 5.54 Å². The summed E-state index contributed by atoms with van der Waals surface area (Å²) in [5.41, 5.74) is 0.0835. The zero-order chi connectivity index (χ0) is 16.0. The van der Waals surface area contributed by atoms with Gasteiger partial charge in [-0.25, -0.2) is 0 Å². The van der Waals surface area contributed by atoms with Gasteiger partial charge in [0.2, 0.25) is 0 Å². The molecule has 0 aromatic heterocycles.